The molecule has 1 rings (SSSR count). The molecule has 6 heteroatoms. The van der Waals surface area contributed by atoms with Crippen molar-refractivity contribution in [1.82, 2.24) is 5.32 Å². The zero-order valence-electron chi connectivity index (χ0n) is 11.4. The third-order valence-electron chi connectivity index (χ3n) is 2.54. The molecule has 1 aromatic rings. The minimum Gasteiger partial charge on any atom is -0.384 e. The van der Waals surface area contributed by atoms with Gasteiger partial charge in [0.2, 0.25) is 5.91 Å². The highest BCUT2D eigenvalue weighted by Gasteiger charge is 2.08. The van der Waals surface area contributed by atoms with Gasteiger partial charge in [-0.1, -0.05) is 0 Å². The van der Waals surface area contributed by atoms with Crippen molar-refractivity contribution in [2.75, 3.05) is 11.9 Å². The number of nitrogens with zero attached hydrogens (tertiary/aromatic N) is 1. The molecule has 6 nitrogen and oxygen atoms in total. The Morgan fingerprint density at radius 2 is 2.11 bits per heavy atom. The fourth-order valence-electron chi connectivity index (χ4n) is 1.66. The van der Waals surface area contributed by atoms with Crippen LogP contribution in [-0.4, -0.2) is 23.4 Å². The number of carbonyl (C=O) groups excluding carboxylic acids is 1. The number of benzene rings is 1. The molecule has 2 N–H and O–H groups in total. The van der Waals surface area contributed by atoms with E-state index in [0.29, 0.717) is 13.0 Å². The van der Waals surface area contributed by atoms with E-state index in [2.05, 4.69) is 10.6 Å². The molecule has 19 heavy (non-hydrogen) atoms. The second kappa shape index (κ2) is 6.72. The predicted octanol–water partition coefficient (Wildman–Crippen LogP) is 2.23. The second-order valence-electron chi connectivity index (χ2n) is 4.66. The first kappa shape index (κ1) is 14.9. The maximum atomic E-state index is 11.4. The smallest absolute Gasteiger partial charge is 0.269 e. The van der Waals surface area contributed by atoms with Crippen molar-refractivity contribution in [3.63, 3.8) is 0 Å². The zero-order valence-corrected chi connectivity index (χ0v) is 11.4. The first-order valence-electron chi connectivity index (χ1n) is 6.18. The molecule has 0 fully saturated rings. The minimum atomic E-state index is -0.424. The lowest BCUT2D eigenvalue weighted by molar-refractivity contribution is -0.384. The van der Waals surface area contributed by atoms with E-state index >= 15 is 0 Å². The molecule has 0 unspecified atom stereocenters. The van der Waals surface area contributed by atoms with Crippen molar-refractivity contribution >= 4 is 17.3 Å². The number of nitro benzene ring substituents is 1. The molecule has 0 saturated carbocycles. The molecule has 0 spiro atoms. The molecule has 104 valence electrons. The molecule has 0 radical (unpaired) electrons. The van der Waals surface area contributed by atoms with Crippen LogP contribution in [-0.2, 0) is 4.79 Å². The lowest BCUT2D eigenvalue weighted by Gasteiger charge is -2.11. The van der Waals surface area contributed by atoms with Crippen LogP contribution in [0, 0.1) is 17.0 Å². The Morgan fingerprint density at radius 1 is 1.42 bits per heavy atom. The van der Waals surface area contributed by atoms with Crippen LogP contribution >= 0.6 is 0 Å². The van der Waals surface area contributed by atoms with E-state index in [4.69, 9.17) is 0 Å². The van der Waals surface area contributed by atoms with Crippen LogP contribution in [0.5, 0.6) is 0 Å². The molecule has 0 saturated heterocycles. The van der Waals surface area contributed by atoms with Gasteiger partial charge in [0.05, 0.1) is 4.92 Å². The Labute approximate surface area is 112 Å². The minimum absolute atomic E-state index is 0.0120. The quantitative estimate of drug-likeness (QED) is 0.610. The Balaban J connectivity index is 2.50. The highest BCUT2D eigenvalue weighted by molar-refractivity contribution is 5.76. The number of anilines is 1. The number of amides is 1. The molecule has 0 aliphatic carbocycles. The van der Waals surface area contributed by atoms with Crippen molar-refractivity contribution in [2.24, 2.45) is 0 Å². The number of non-ortho nitro benzene ring substituents is 1. The van der Waals surface area contributed by atoms with Gasteiger partial charge in [0.1, 0.15) is 0 Å². The highest BCUT2D eigenvalue weighted by Crippen LogP contribution is 2.20. The summed E-state index contributed by atoms with van der Waals surface area (Å²) in [5.41, 5.74) is 1.67. The third kappa shape index (κ3) is 4.95. The van der Waals surface area contributed by atoms with Gasteiger partial charge in [-0.05, 0) is 32.4 Å². The van der Waals surface area contributed by atoms with Crippen molar-refractivity contribution in [2.45, 2.75) is 33.2 Å². The van der Waals surface area contributed by atoms with Gasteiger partial charge >= 0.3 is 0 Å². The average molecular weight is 265 g/mol. The summed E-state index contributed by atoms with van der Waals surface area (Å²) in [6.07, 6.45) is 0.370. The summed E-state index contributed by atoms with van der Waals surface area (Å²) in [6.45, 7) is 6.11. The zero-order chi connectivity index (χ0) is 14.4. The van der Waals surface area contributed by atoms with E-state index in [1.54, 1.807) is 13.0 Å². The van der Waals surface area contributed by atoms with Crippen molar-refractivity contribution in [3.8, 4) is 0 Å². The number of carbonyl (C=O) groups is 1. The maximum absolute atomic E-state index is 11.4. The predicted molar refractivity (Wildman–Crippen MR) is 74.2 cm³/mol. The van der Waals surface area contributed by atoms with Gasteiger partial charge in [0.25, 0.3) is 5.69 Å². The highest BCUT2D eigenvalue weighted by atomic mass is 16.6. The van der Waals surface area contributed by atoms with Crippen LogP contribution < -0.4 is 10.6 Å². The van der Waals surface area contributed by atoms with Gasteiger partial charge in [0.15, 0.2) is 0 Å². The largest absolute Gasteiger partial charge is 0.384 e. The van der Waals surface area contributed by atoms with Crippen LogP contribution in [0.2, 0.25) is 0 Å². The summed E-state index contributed by atoms with van der Waals surface area (Å²) >= 11 is 0. The van der Waals surface area contributed by atoms with E-state index in [0.717, 1.165) is 11.3 Å². The standard InChI is InChI=1S/C13H19N3O3/c1-9(2)15-13(17)6-7-14-12-5-4-11(16(18)19)8-10(12)3/h4-5,8-9,14H,6-7H2,1-3H3,(H,15,17). The maximum Gasteiger partial charge on any atom is 0.269 e. The van der Waals surface area contributed by atoms with Crippen LogP contribution in [0.4, 0.5) is 11.4 Å². The summed E-state index contributed by atoms with van der Waals surface area (Å²) in [6, 6.07) is 4.75. The third-order valence-corrected chi connectivity index (χ3v) is 2.54. The van der Waals surface area contributed by atoms with Crippen LogP contribution in [0.1, 0.15) is 25.8 Å². The van der Waals surface area contributed by atoms with E-state index < -0.39 is 4.92 Å². The fourth-order valence-corrected chi connectivity index (χ4v) is 1.66. The van der Waals surface area contributed by atoms with Crippen LogP contribution in [0.15, 0.2) is 18.2 Å². The average Bonchev–Trinajstić information content (AvgIpc) is 2.29. The monoisotopic (exact) mass is 265 g/mol. The van der Waals surface area contributed by atoms with E-state index in [-0.39, 0.29) is 17.6 Å². The number of nitro groups is 1. The summed E-state index contributed by atoms with van der Waals surface area (Å²) < 4.78 is 0. The lowest BCUT2D eigenvalue weighted by atomic mass is 10.1. The Kier molecular flexibility index (Phi) is 5.29. The summed E-state index contributed by atoms with van der Waals surface area (Å²) in [7, 11) is 0. The van der Waals surface area contributed by atoms with Gasteiger partial charge in [0, 0.05) is 36.8 Å². The Hall–Kier alpha value is -2.11. The molecule has 0 bridgehead atoms. The summed E-state index contributed by atoms with van der Waals surface area (Å²) in [5, 5.41) is 16.5. The van der Waals surface area contributed by atoms with Crippen LogP contribution in [0.25, 0.3) is 0 Å². The molecular formula is C13H19N3O3. The van der Waals surface area contributed by atoms with Gasteiger partial charge < -0.3 is 10.6 Å². The molecule has 1 amide bonds. The first-order valence-corrected chi connectivity index (χ1v) is 6.18. The van der Waals surface area contributed by atoms with Gasteiger partial charge in [-0.2, -0.15) is 0 Å². The Morgan fingerprint density at radius 3 is 2.63 bits per heavy atom. The van der Waals surface area contributed by atoms with Crippen molar-refractivity contribution < 1.29 is 9.72 Å². The fraction of sp³-hybridized carbons (Fsp3) is 0.462. The van der Waals surface area contributed by atoms with Gasteiger partial charge in [-0.15, -0.1) is 0 Å². The molecule has 0 atom stereocenters. The number of aryl methyl sites for hydroxylation is 1. The SMILES string of the molecule is Cc1cc([N+](=O)[O-])ccc1NCCC(=O)NC(C)C. The number of hydrogen-bond donors (Lipinski definition) is 2. The first-order chi connectivity index (χ1) is 8.90. The molecule has 0 heterocycles. The van der Waals surface area contributed by atoms with Crippen molar-refractivity contribution in [1.29, 1.82) is 0 Å². The number of nitrogens with one attached hydrogen (secondary N) is 2. The topological polar surface area (TPSA) is 84.3 Å². The van der Waals surface area contributed by atoms with Gasteiger partial charge in [-0.25, -0.2) is 0 Å². The molecule has 0 aromatic heterocycles. The normalized spacial score (nSPS) is 10.3. The molecule has 0 aliphatic heterocycles. The van der Waals surface area contributed by atoms with E-state index in [1.165, 1.54) is 12.1 Å². The van der Waals surface area contributed by atoms with E-state index in [1.807, 2.05) is 13.8 Å². The van der Waals surface area contributed by atoms with E-state index in [9.17, 15) is 14.9 Å². The number of rotatable bonds is 6. The molecule has 0 aliphatic rings. The lowest BCUT2D eigenvalue weighted by Crippen LogP contribution is -2.31. The van der Waals surface area contributed by atoms with Crippen molar-refractivity contribution in [3.05, 3.63) is 33.9 Å². The Bertz CT molecular complexity index is 472. The van der Waals surface area contributed by atoms with Crippen LogP contribution in [0.3, 0.4) is 0 Å². The molecular weight excluding hydrogens is 246 g/mol. The second-order valence-corrected chi connectivity index (χ2v) is 4.66. The molecule has 1 aromatic carbocycles. The summed E-state index contributed by atoms with van der Waals surface area (Å²) in [5.74, 6) is -0.0120. The summed E-state index contributed by atoms with van der Waals surface area (Å²) in [4.78, 5) is 21.6. The van der Waals surface area contributed by atoms with Gasteiger partial charge in [-0.3, -0.25) is 14.9 Å². The number of hydrogen-bond acceptors (Lipinski definition) is 4.